The molecule has 84 valence electrons. The average molecular weight is 216 g/mol. The van der Waals surface area contributed by atoms with Gasteiger partial charge in [-0.05, 0) is 37.4 Å². The van der Waals surface area contributed by atoms with Gasteiger partial charge in [-0.15, -0.1) is 0 Å². The molecule has 0 amide bonds. The van der Waals surface area contributed by atoms with E-state index in [1.165, 1.54) is 6.42 Å². The molecule has 1 fully saturated rings. The van der Waals surface area contributed by atoms with Gasteiger partial charge in [-0.3, -0.25) is 0 Å². The number of aryl methyl sites for hydroxylation is 1. The number of rotatable bonds is 1. The van der Waals surface area contributed by atoms with Crippen LogP contribution in [-0.2, 0) is 0 Å². The van der Waals surface area contributed by atoms with Crippen molar-refractivity contribution in [3.8, 4) is 0 Å². The highest BCUT2D eigenvalue weighted by molar-refractivity contribution is 5.71. The molecule has 3 heterocycles. The fourth-order valence-corrected chi connectivity index (χ4v) is 2.37. The van der Waals surface area contributed by atoms with Crippen molar-refractivity contribution in [3.05, 3.63) is 23.7 Å². The van der Waals surface area contributed by atoms with Gasteiger partial charge in [0.1, 0.15) is 5.82 Å². The lowest BCUT2D eigenvalue weighted by atomic mass is 10.0. The second-order valence-corrected chi connectivity index (χ2v) is 4.70. The summed E-state index contributed by atoms with van der Waals surface area (Å²) < 4.78 is 0. The third kappa shape index (κ3) is 1.50. The number of pyridine rings is 1. The average Bonchev–Trinajstić information content (AvgIpc) is 2.82. The van der Waals surface area contributed by atoms with E-state index in [0.29, 0.717) is 12.0 Å². The van der Waals surface area contributed by atoms with Gasteiger partial charge < -0.3 is 10.3 Å². The van der Waals surface area contributed by atoms with E-state index in [2.05, 4.69) is 33.3 Å². The number of aromatic amines is 1. The second kappa shape index (κ2) is 3.56. The fraction of sp³-hybridized carbons (Fsp3) is 0.500. The van der Waals surface area contributed by atoms with Crippen molar-refractivity contribution < 1.29 is 0 Å². The summed E-state index contributed by atoms with van der Waals surface area (Å²) in [5, 5.41) is 3.48. The number of aromatic nitrogens is 3. The minimum Gasteiger partial charge on any atom is -0.339 e. The number of nitrogens with zero attached hydrogens (tertiary/aromatic N) is 2. The smallest absolute Gasteiger partial charge is 0.177 e. The monoisotopic (exact) mass is 216 g/mol. The zero-order valence-corrected chi connectivity index (χ0v) is 9.62. The summed E-state index contributed by atoms with van der Waals surface area (Å²) in [4.78, 5) is 12.3. The Morgan fingerprint density at radius 3 is 3.06 bits per heavy atom. The molecule has 4 nitrogen and oxygen atoms in total. The van der Waals surface area contributed by atoms with Crippen LogP contribution in [0.4, 0.5) is 0 Å². The SMILES string of the molecule is Cc1cnc2nc(C3NCCC3C)[nH]c2c1. The molecule has 1 saturated heterocycles. The summed E-state index contributed by atoms with van der Waals surface area (Å²) >= 11 is 0. The Balaban J connectivity index is 2.04. The predicted molar refractivity (Wildman–Crippen MR) is 63.2 cm³/mol. The molecule has 0 aliphatic carbocycles. The Kier molecular flexibility index (Phi) is 2.17. The fourth-order valence-electron chi connectivity index (χ4n) is 2.37. The van der Waals surface area contributed by atoms with Crippen molar-refractivity contribution in [2.45, 2.75) is 26.3 Å². The number of hydrogen-bond acceptors (Lipinski definition) is 3. The summed E-state index contributed by atoms with van der Waals surface area (Å²) in [5.41, 5.74) is 3.02. The summed E-state index contributed by atoms with van der Waals surface area (Å²) in [6, 6.07) is 2.45. The van der Waals surface area contributed by atoms with E-state index in [9.17, 15) is 0 Å². The third-order valence-corrected chi connectivity index (χ3v) is 3.32. The Bertz CT molecular complexity index is 517. The van der Waals surface area contributed by atoms with Gasteiger partial charge in [-0.1, -0.05) is 6.92 Å². The van der Waals surface area contributed by atoms with Crippen LogP contribution in [0.2, 0.25) is 0 Å². The second-order valence-electron chi connectivity index (χ2n) is 4.70. The molecule has 0 bridgehead atoms. The Labute approximate surface area is 94.5 Å². The van der Waals surface area contributed by atoms with Gasteiger partial charge in [0.2, 0.25) is 0 Å². The van der Waals surface area contributed by atoms with Gasteiger partial charge in [0.25, 0.3) is 0 Å². The number of hydrogen-bond donors (Lipinski definition) is 2. The lowest BCUT2D eigenvalue weighted by molar-refractivity contribution is 0.484. The maximum atomic E-state index is 4.56. The number of imidazole rings is 1. The molecule has 0 aromatic carbocycles. The first-order valence-electron chi connectivity index (χ1n) is 5.79. The van der Waals surface area contributed by atoms with Crippen LogP contribution in [0.3, 0.4) is 0 Å². The number of fused-ring (bicyclic) bond motifs is 1. The van der Waals surface area contributed by atoms with Crippen molar-refractivity contribution in [1.82, 2.24) is 20.3 Å². The molecule has 4 heteroatoms. The topological polar surface area (TPSA) is 53.6 Å². The van der Waals surface area contributed by atoms with Crippen molar-refractivity contribution in [1.29, 1.82) is 0 Å². The zero-order valence-electron chi connectivity index (χ0n) is 9.62. The summed E-state index contributed by atoms with van der Waals surface area (Å²) in [6.07, 6.45) is 3.08. The minimum absolute atomic E-state index is 0.356. The van der Waals surface area contributed by atoms with Crippen LogP contribution in [0.25, 0.3) is 11.2 Å². The highest BCUT2D eigenvalue weighted by Gasteiger charge is 2.26. The normalized spacial score (nSPS) is 25.4. The quantitative estimate of drug-likeness (QED) is 0.766. The summed E-state index contributed by atoms with van der Waals surface area (Å²) in [7, 11) is 0. The summed E-state index contributed by atoms with van der Waals surface area (Å²) in [5.74, 6) is 1.67. The zero-order chi connectivity index (χ0) is 11.1. The van der Waals surface area contributed by atoms with Crippen molar-refractivity contribution in [2.24, 2.45) is 5.92 Å². The Hall–Kier alpha value is -1.42. The van der Waals surface area contributed by atoms with Gasteiger partial charge in [-0.2, -0.15) is 0 Å². The summed E-state index contributed by atoms with van der Waals surface area (Å²) in [6.45, 7) is 5.38. The van der Waals surface area contributed by atoms with E-state index in [-0.39, 0.29) is 0 Å². The van der Waals surface area contributed by atoms with E-state index in [1.807, 2.05) is 13.1 Å². The van der Waals surface area contributed by atoms with Crippen LogP contribution in [0.1, 0.15) is 30.8 Å². The molecular formula is C12H16N4. The van der Waals surface area contributed by atoms with Crippen LogP contribution in [0.15, 0.2) is 12.3 Å². The molecule has 2 aromatic rings. The molecule has 0 spiro atoms. The number of nitrogens with one attached hydrogen (secondary N) is 2. The minimum atomic E-state index is 0.356. The van der Waals surface area contributed by atoms with Gasteiger partial charge in [-0.25, -0.2) is 9.97 Å². The molecule has 3 rings (SSSR count). The maximum absolute atomic E-state index is 4.56. The highest BCUT2D eigenvalue weighted by atomic mass is 15.1. The molecule has 1 aliphatic rings. The van der Waals surface area contributed by atoms with Gasteiger partial charge in [0.15, 0.2) is 5.65 Å². The van der Waals surface area contributed by atoms with Crippen LogP contribution in [0, 0.1) is 12.8 Å². The van der Waals surface area contributed by atoms with E-state index in [0.717, 1.165) is 29.1 Å². The maximum Gasteiger partial charge on any atom is 0.177 e. The van der Waals surface area contributed by atoms with Crippen molar-refractivity contribution >= 4 is 11.2 Å². The highest BCUT2D eigenvalue weighted by Crippen LogP contribution is 2.28. The van der Waals surface area contributed by atoms with Crippen LogP contribution in [-0.4, -0.2) is 21.5 Å². The van der Waals surface area contributed by atoms with Crippen molar-refractivity contribution in [2.75, 3.05) is 6.54 Å². The van der Waals surface area contributed by atoms with Crippen molar-refractivity contribution in [3.63, 3.8) is 0 Å². The standard InChI is InChI=1S/C12H16N4/c1-7-5-9-11(14-6-7)16-12(15-9)10-8(2)3-4-13-10/h5-6,8,10,13H,3-4H2,1-2H3,(H,14,15,16). The van der Waals surface area contributed by atoms with E-state index < -0.39 is 0 Å². The van der Waals surface area contributed by atoms with Gasteiger partial charge >= 0.3 is 0 Å². The molecule has 2 unspecified atom stereocenters. The van der Waals surface area contributed by atoms with Gasteiger partial charge in [0, 0.05) is 6.20 Å². The largest absolute Gasteiger partial charge is 0.339 e. The molecule has 2 N–H and O–H groups in total. The van der Waals surface area contributed by atoms with Crippen LogP contribution < -0.4 is 5.32 Å². The van der Waals surface area contributed by atoms with E-state index in [1.54, 1.807) is 0 Å². The van der Waals surface area contributed by atoms with Crippen LogP contribution >= 0.6 is 0 Å². The Morgan fingerprint density at radius 2 is 2.31 bits per heavy atom. The molecule has 2 atom stereocenters. The first-order chi connectivity index (χ1) is 7.74. The first-order valence-corrected chi connectivity index (χ1v) is 5.79. The molecule has 1 aliphatic heterocycles. The number of H-pyrrole nitrogens is 1. The molecular weight excluding hydrogens is 200 g/mol. The molecule has 0 saturated carbocycles. The van der Waals surface area contributed by atoms with Gasteiger partial charge in [0.05, 0.1) is 11.6 Å². The molecule has 2 aromatic heterocycles. The molecule has 0 radical (unpaired) electrons. The lowest BCUT2D eigenvalue weighted by Crippen LogP contribution is -2.17. The molecule has 16 heavy (non-hydrogen) atoms. The lowest BCUT2D eigenvalue weighted by Gasteiger charge is -2.11. The van der Waals surface area contributed by atoms with Crippen LogP contribution in [0.5, 0.6) is 0 Å². The predicted octanol–water partition coefficient (Wildman–Crippen LogP) is 1.94. The van der Waals surface area contributed by atoms with E-state index in [4.69, 9.17) is 0 Å². The third-order valence-electron chi connectivity index (χ3n) is 3.32. The Morgan fingerprint density at radius 1 is 1.44 bits per heavy atom. The van der Waals surface area contributed by atoms with E-state index >= 15 is 0 Å². The first kappa shape index (κ1) is 9.78.